The lowest BCUT2D eigenvalue weighted by Crippen LogP contribution is -2.20. The maximum atomic E-state index is 4.30. The third-order valence-corrected chi connectivity index (χ3v) is 4.48. The third-order valence-electron chi connectivity index (χ3n) is 3.90. The van der Waals surface area contributed by atoms with Gasteiger partial charge in [0.15, 0.2) is 0 Å². The van der Waals surface area contributed by atoms with Crippen LogP contribution in [0.3, 0.4) is 0 Å². The Kier molecular flexibility index (Phi) is 3.46. The molecular weight excluding hydrogens is 302 g/mol. The van der Waals surface area contributed by atoms with E-state index in [1.54, 1.807) is 0 Å². The number of rotatable bonds is 1. The monoisotopic (exact) mass is 319 g/mol. The molecule has 2 heterocycles. The lowest BCUT2D eigenvalue weighted by molar-refractivity contribution is 0.352. The van der Waals surface area contributed by atoms with Gasteiger partial charge in [0.1, 0.15) is 0 Å². The molecule has 1 aliphatic heterocycles. The molecule has 0 radical (unpaired) electrons. The Morgan fingerprint density at radius 3 is 2.53 bits per heavy atom. The van der Waals surface area contributed by atoms with Crippen LogP contribution in [-0.4, -0.2) is 34.8 Å². The van der Waals surface area contributed by atoms with Crippen molar-refractivity contribution < 1.29 is 0 Å². The number of fused-ring (bicyclic) bond motifs is 1. The molecule has 0 fully saturated rings. The molecule has 100 valence electrons. The van der Waals surface area contributed by atoms with Crippen LogP contribution in [0.1, 0.15) is 11.1 Å². The maximum Gasteiger partial charge on any atom is 0.0821 e. The topological polar surface area (TPSA) is 21.1 Å². The highest BCUT2D eigenvalue weighted by molar-refractivity contribution is 9.10. The Balaban J connectivity index is 2.02. The molecule has 0 atom stereocenters. The summed E-state index contributed by atoms with van der Waals surface area (Å²) in [4.78, 5) is 2.40. The molecule has 0 spiro atoms. The second-order valence-electron chi connectivity index (χ2n) is 5.25. The summed E-state index contributed by atoms with van der Waals surface area (Å²) >= 11 is 3.58. The highest BCUT2D eigenvalue weighted by Crippen LogP contribution is 2.29. The first-order valence-electron chi connectivity index (χ1n) is 6.63. The minimum absolute atomic E-state index is 1.06. The van der Waals surface area contributed by atoms with Gasteiger partial charge in [-0.3, -0.25) is 4.68 Å². The van der Waals surface area contributed by atoms with Crippen LogP contribution in [0.25, 0.3) is 11.3 Å². The second kappa shape index (κ2) is 5.10. The van der Waals surface area contributed by atoms with Crippen LogP contribution in [0.2, 0.25) is 0 Å². The number of likely N-dealkylation sites (N-methyl/N-ethyl adjacent to an activating group) is 1. The van der Waals surface area contributed by atoms with Gasteiger partial charge in [0.2, 0.25) is 0 Å². The number of hydrogen-bond donors (Lipinski definition) is 0. The molecule has 1 aromatic carbocycles. The summed E-state index contributed by atoms with van der Waals surface area (Å²) in [7, 11) is 4.18. The van der Waals surface area contributed by atoms with Gasteiger partial charge in [0.05, 0.1) is 16.4 Å². The van der Waals surface area contributed by atoms with Crippen molar-refractivity contribution in [3.05, 3.63) is 40.0 Å². The SMILES string of the molecule is CN1CCc2ccc(-c3c(Br)cnn3C)cc2CC1. The molecule has 2 aromatic rings. The van der Waals surface area contributed by atoms with E-state index < -0.39 is 0 Å². The number of benzene rings is 1. The number of aromatic nitrogens is 2. The molecule has 19 heavy (non-hydrogen) atoms. The van der Waals surface area contributed by atoms with Crippen molar-refractivity contribution in [1.29, 1.82) is 0 Å². The van der Waals surface area contributed by atoms with Gasteiger partial charge in [-0.05, 0) is 53.0 Å². The smallest absolute Gasteiger partial charge is 0.0821 e. The molecule has 4 heteroatoms. The first kappa shape index (κ1) is 12.9. The van der Waals surface area contributed by atoms with E-state index in [0.717, 1.165) is 36.1 Å². The molecule has 1 aliphatic rings. The fourth-order valence-corrected chi connectivity index (χ4v) is 3.30. The molecule has 0 saturated heterocycles. The standard InChI is InChI=1S/C15H18BrN3/c1-18-7-5-11-3-4-13(9-12(11)6-8-18)15-14(16)10-17-19(15)2/h3-4,9-10H,5-8H2,1-2H3. The fourth-order valence-electron chi connectivity index (χ4n) is 2.72. The van der Waals surface area contributed by atoms with E-state index in [1.165, 1.54) is 16.7 Å². The van der Waals surface area contributed by atoms with Crippen molar-refractivity contribution in [2.75, 3.05) is 20.1 Å². The Labute approximate surface area is 122 Å². The highest BCUT2D eigenvalue weighted by Gasteiger charge is 2.14. The van der Waals surface area contributed by atoms with Crippen LogP contribution in [0.5, 0.6) is 0 Å². The molecule has 0 amide bonds. The van der Waals surface area contributed by atoms with Crippen molar-refractivity contribution in [2.24, 2.45) is 7.05 Å². The quantitative estimate of drug-likeness (QED) is 0.806. The maximum absolute atomic E-state index is 4.30. The predicted octanol–water partition coefficient (Wildman–Crippen LogP) is 2.88. The summed E-state index contributed by atoms with van der Waals surface area (Å²) in [5.74, 6) is 0. The van der Waals surface area contributed by atoms with Crippen molar-refractivity contribution in [2.45, 2.75) is 12.8 Å². The van der Waals surface area contributed by atoms with Gasteiger partial charge in [0, 0.05) is 25.7 Å². The zero-order valence-corrected chi connectivity index (χ0v) is 12.9. The van der Waals surface area contributed by atoms with Gasteiger partial charge in [-0.1, -0.05) is 12.1 Å². The number of aryl methyl sites for hydroxylation is 1. The normalized spacial score (nSPS) is 16.2. The molecule has 0 N–H and O–H groups in total. The minimum atomic E-state index is 1.06. The molecular formula is C15H18BrN3. The predicted molar refractivity (Wildman–Crippen MR) is 81.2 cm³/mol. The summed E-state index contributed by atoms with van der Waals surface area (Å²) in [6, 6.07) is 6.82. The van der Waals surface area contributed by atoms with E-state index in [2.05, 4.69) is 51.2 Å². The summed E-state index contributed by atoms with van der Waals surface area (Å²) in [5.41, 5.74) is 5.37. The highest BCUT2D eigenvalue weighted by atomic mass is 79.9. The Morgan fingerprint density at radius 2 is 1.84 bits per heavy atom. The summed E-state index contributed by atoms with van der Waals surface area (Å²) in [6.45, 7) is 2.30. The van der Waals surface area contributed by atoms with Gasteiger partial charge in [-0.25, -0.2) is 0 Å². The van der Waals surface area contributed by atoms with Gasteiger partial charge in [0.25, 0.3) is 0 Å². The van der Waals surface area contributed by atoms with E-state index in [9.17, 15) is 0 Å². The van der Waals surface area contributed by atoms with E-state index in [1.807, 2.05) is 17.9 Å². The Bertz CT molecular complexity index is 584. The van der Waals surface area contributed by atoms with Crippen molar-refractivity contribution in [1.82, 2.24) is 14.7 Å². The summed E-state index contributed by atoms with van der Waals surface area (Å²) in [5, 5.41) is 4.30. The van der Waals surface area contributed by atoms with Crippen molar-refractivity contribution >= 4 is 15.9 Å². The summed E-state index contributed by atoms with van der Waals surface area (Å²) < 4.78 is 2.98. The largest absolute Gasteiger partial charge is 0.306 e. The van der Waals surface area contributed by atoms with Crippen molar-refractivity contribution in [3.63, 3.8) is 0 Å². The first-order chi connectivity index (χ1) is 9.15. The average Bonchev–Trinajstić information content (AvgIpc) is 2.62. The second-order valence-corrected chi connectivity index (χ2v) is 6.11. The molecule has 0 aliphatic carbocycles. The molecule has 0 unspecified atom stereocenters. The van der Waals surface area contributed by atoms with Crippen LogP contribution in [-0.2, 0) is 19.9 Å². The van der Waals surface area contributed by atoms with Crippen LogP contribution in [0, 0.1) is 0 Å². The van der Waals surface area contributed by atoms with E-state index in [0.29, 0.717) is 0 Å². The van der Waals surface area contributed by atoms with Crippen LogP contribution in [0.4, 0.5) is 0 Å². The van der Waals surface area contributed by atoms with Gasteiger partial charge < -0.3 is 4.90 Å². The van der Waals surface area contributed by atoms with E-state index in [-0.39, 0.29) is 0 Å². The van der Waals surface area contributed by atoms with Gasteiger partial charge in [-0.15, -0.1) is 0 Å². The van der Waals surface area contributed by atoms with E-state index in [4.69, 9.17) is 0 Å². The lowest BCUT2D eigenvalue weighted by atomic mass is 9.99. The fraction of sp³-hybridized carbons (Fsp3) is 0.400. The van der Waals surface area contributed by atoms with E-state index >= 15 is 0 Å². The summed E-state index contributed by atoms with van der Waals surface area (Å²) in [6.07, 6.45) is 4.14. The minimum Gasteiger partial charge on any atom is -0.306 e. The molecule has 1 aromatic heterocycles. The molecule has 3 nitrogen and oxygen atoms in total. The number of nitrogens with zero attached hydrogens (tertiary/aromatic N) is 3. The van der Waals surface area contributed by atoms with Crippen LogP contribution < -0.4 is 0 Å². The Morgan fingerprint density at radius 1 is 1.11 bits per heavy atom. The van der Waals surface area contributed by atoms with Gasteiger partial charge in [-0.2, -0.15) is 5.10 Å². The van der Waals surface area contributed by atoms with Crippen LogP contribution in [0.15, 0.2) is 28.9 Å². The zero-order chi connectivity index (χ0) is 13.4. The lowest BCUT2D eigenvalue weighted by Gasteiger charge is -2.10. The number of hydrogen-bond acceptors (Lipinski definition) is 2. The number of halogens is 1. The van der Waals surface area contributed by atoms with Crippen LogP contribution >= 0.6 is 15.9 Å². The zero-order valence-electron chi connectivity index (χ0n) is 11.4. The first-order valence-corrected chi connectivity index (χ1v) is 7.42. The average molecular weight is 320 g/mol. The van der Waals surface area contributed by atoms with Crippen molar-refractivity contribution in [3.8, 4) is 11.3 Å². The van der Waals surface area contributed by atoms with Gasteiger partial charge >= 0.3 is 0 Å². The molecule has 3 rings (SSSR count). The Hall–Kier alpha value is -1.13. The molecule has 0 saturated carbocycles. The third kappa shape index (κ3) is 2.47. The molecule has 0 bridgehead atoms.